The number of aliphatic carboxylic acids is 2. The number of hydrogen-bond acceptors (Lipinski definition) is 4. The monoisotopic (exact) mass is 536 g/mol. The summed E-state index contributed by atoms with van der Waals surface area (Å²) in [5, 5.41) is 19.2. The minimum Gasteiger partial charge on any atom is -0.549 e. The molecule has 0 aromatic heterocycles. The summed E-state index contributed by atoms with van der Waals surface area (Å²) in [6.45, 7) is 3.13. The van der Waals surface area contributed by atoms with E-state index in [9.17, 15) is 19.8 Å². The second-order valence-electron chi connectivity index (χ2n) is 1.87. The van der Waals surface area contributed by atoms with E-state index in [2.05, 4.69) is 0 Å². The topological polar surface area (TPSA) is 80.3 Å². The Morgan fingerprint density at radius 3 is 1.08 bits per heavy atom. The van der Waals surface area contributed by atoms with Crippen LogP contribution in [-0.4, -0.2) is 68.7 Å². The Bertz CT molecular complexity index is 143. The molecule has 0 aliphatic carbocycles. The van der Waals surface area contributed by atoms with Crippen LogP contribution in [0.3, 0.4) is 0 Å². The fraction of sp³-hybridized carbons (Fsp3) is 0.667. The van der Waals surface area contributed by atoms with Gasteiger partial charge >= 0.3 is 48.9 Å². The molecular weight excluding hydrogens is 527 g/mol. The van der Waals surface area contributed by atoms with Crippen molar-refractivity contribution in [3.05, 3.63) is 0 Å². The molecule has 0 aromatic carbocycles. The van der Waals surface area contributed by atoms with Gasteiger partial charge in [-0.3, -0.25) is 0 Å². The maximum Gasteiger partial charge on any atom is 2.00 e. The van der Waals surface area contributed by atoms with Crippen molar-refractivity contribution >= 4 is 106 Å². The Balaban J connectivity index is -0.000000143. The van der Waals surface area contributed by atoms with E-state index >= 15 is 0 Å². The molecule has 13 heavy (non-hydrogen) atoms. The average Bonchev–Trinajstić information content (AvgIpc) is 1.88. The second-order valence-corrected chi connectivity index (χ2v) is 5.61. The van der Waals surface area contributed by atoms with Crippen LogP contribution in [0.2, 0.25) is 0 Å². The van der Waals surface area contributed by atoms with E-state index in [-0.39, 0.29) is 56.7 Å². The normalized spacial score (nSPS) is 12.6. The summed E-state index contributed by atoms with van der Waals surface area (Å²) in [7, 11) is 0. The number of carbonyl (C=O) groups excluding carboxylic acids is 2. The van der Waals surface area contributed by atoms with Gasteiger partial charge in [-0.05, 0) is 13.8 Å². The predicted octanol–water partition coefficient (Wildman–Crippen LogP) is -1.26. The van der Waals surface area contributed by atoms with Gasteiger partial charge in [0.15, 0.2) is 0 Å². The van der Waals surface area contributed by atoms with Crippen molar-refractivity contribution in [2.24, 2.45) is 0 Å². The van der Waals surface area contributed by atoms with E-state index in [1.165, 1.54) is 0 Å². The Hall–Kier alpha value is 1.97. The first-order chi connectivity index (χ1) is 5.29. The molecule has 0 bridgehead atoms. The molecule has 7 heteroatoms. The molecule has 2 atom stereocenters. The number of rotatable bonds is 2. The molecule has 0 aliphatic heterocycles. The molecule has 72 valence electrons. The van der Waals surface area contributed by atoms with E-state index in [4.69, 9.17) is 0 Å². The van der Waals surface area contributed by atoms with Crippen molar-refractivity contribution in [1.82, 2.24) is 0 Å². The summed E-state index contributed by atoms with van der Waals surface area (Å²) in [6.07, 6.45) is 0. The molecule has 0 radical (unpaired) electrons. The van der Waals surface area contributed by atoms with Crippen molar-refractivity contribution in [2.75, 3.05) is 0 Å². The van der Waals surface area contributed by atoms with Gasteiger partial charge in [0.05, 0.1) is 11.9 Å². The molecule has 0 N–H and O–H groups in total. The number of carboxylic acids is 2. The van der Waals surface area contributed by atoms with Crippen LogP contribution in [0.15, 0.2) is 0 Å². The molecule has 0 saturated heterocycles. The van der Waals surface area contributed by atoms with Crippen molar-refractivity contribution in [2.45, 2.75) is 21.7 Å². The van der Waals surface area contributed by atoms with Gasteiger partial charge in [-0.1, -0.05) is 45.2 Å². The molecule has 0 rings (SSSR count). The van der Waals surface area contributed by atoms with E-state index in [1.807, 2.05) is 0 Å². The van der Waals surface area contributed by atoms with Gasteiger partial charge in [0.2, 0.25) is 0 Å². The maximum atomic E-state index is 9.58. The van der Waals surface area contributed by atoms with Gasteiger partial charge < -0.3 is 19.8 Å². The van der Waals surface area contributed by atoms with E-state index in [0.717, 1.165) is 0 Å². The van der Waals surface area contributed by atoms with Crippen LogP contribution >= 0.6 is 45.2 Å². The number of carboxylic acid groups (broad SMARTS) is 2. The molecule has 0 spiro atoms. The van der Waals surface area contributed by atoms with Gasteiger partial charge in [-0.15, -0.1) is 0 Å². The van der Waals surface area contributed by atoms with Crippen LogP contribution in [0.4, 0.5) is 0 Å². The molecule has 0 aromatic rings. The third-order valence-electron chi connectivity index (χ3n) is 0.650. The molecule has 4 nitrogen and oxygen atoms in total. The SMILES string of the molecule is CC(I)C(=O)[O-].CC(I)C(=O)[O-].[Ba+2]. The first kappa shape index (κ1) is 20.4. The standard InChI is InChI=1S/2C3H5IO2.Ba/c2*1-2(4)3(5)6;/h2*2H,1H3,(H,5,6);/q;;+2/p-2. The minimum absolute atomic E-state index is 0. The van der Waals surface area contributed by atoms with Gasteiger partial charge in [-0.2, -0.15) is 0 Å². The van der Waals surface area contributed by atoms with Gasteiger partial charge in [0, 0.05) is 7.85 Å². The van der Waals surface area contributed by atoms with Crippen LogP contribution < -0.4 is 10.2 Å². The molecular formula is C6H8BaI2O4. The second kappa shape index (κ2) is 12.0. The van der Waals surface area contributed by atoms with Crippen molar-refractivity contribution < 1.29 is 19.8 Å². The van der Waals surface area contributed by atoms with Crippen LogP contribution in [-0.2, 0) is 9.59 Å². The zero-order valence-corrected chi connectivity index (χ0v) is 16.0. The smallest absolute Gasteiger partial charge is 0.549 e. The zero-order chi connectivity index (χ0) is 10.3. The van der Waals surface area contributed by atoms with Crippen molar-refractivity contribution in [1.29, 1.82) is 0 Å². The molecule has 0 aliphatic rings. The third kappa shape index (κ3) is 20.1. The summed E-state index contributed by atoms with van der Waals surface area (Å²) in [5.41, 5.74) is 0. The summed E-state index contributed by atoms with van der Waals surface area (Å²) in [6, 6.07) is 0. The molecule has 0 fully saturated rings. The summed E-state index contributed by atoms with van der Waals surface area (Å²) < 4.78 is -0.745. The summed E-state index contributed by atoms with van der Waals surface area (Å²) in [4.78, 5) is 19.2. The number of halogens is 2. The number of carbonyl (C=O) groups is 2. The Kier molecular flexibility index (Phi) is 18.9. The minimum atomic E-state index is -1.00. The summed E-state index contributed by atoms with van der Waals surface area (Å²) >= 11 is 3.54. The zero-order valence-electron chi connectivity index (χ0n) is 7.25. The number of alkyl halides is 2. The van der Waals surface area contributed by atoms with Crippen molar-refractivity contribution in [3.8, 4) is 0 Å². The van der Waals surface area contributed by atoms with Gasteiger partial charge in [0.1, 0.15) is 0 Å². The predicted molar refractivity (Wildman–Crippen MR) is 62.7 cm³/mol. The van der Waals surface area contributed by atoms with E-state index in [0.29, 0.717) is 0 Å². The van der Waals surface area contributed by atoms with Gasteiger partial charge in [-0.25, -0.2) is 0 Å². The van der Waals surface area contributed by atoms with E-state index < -0.39 is 11.9 Å². The fourth-order valence-corrected chi connectivity index (χ4v) is 0. The van der Waals surface area contributed by atoms with Crippen LogP contribution in [0, 0.1) is 0 Å². The molecule has 0 heterocycles. The fourth-order valence-electron chi connectivity index (χ4n) is 0. The third-order valence-corrected chi connectivity index (χ3v) is 1.67. The largest absolute Gasteiger partial charge is 2.00 e. The van der Waals surface area contributed by atoms with Crippen molar-refractivity contribution in [3.63, 3.8) is 0 Å². The van der Waals surface area contributed by atoms with Crippen LogP contribution in [0.25, 0.3) is 0 Å². The summed E-state index contributed by atoms with van der Waals surface area (Å²) in [5.74, 6) is -2.01. The first-order valence-corrected chi connectivity index (χ1v) is 5.48. The number of hydrogen-bond donors (Lipinski definition) is 0. The quantitative estimate of drug-likeness (QED) is 0.251. The Morgan fingerprint density at radius 1 is 1.00 bits per heavy atom. The average molecular weight is 535 g/mol. The molecule has 0 amide bonds. The van der Waals surface area contributed by atoms with Crippen LogP contribution in [0.1, 0.15) is 13.8 Å². The van der Waals surface area contributed by atoms with Crippen LogP contribution in [0.5, 0.6) is 0 Å². The van der Waals surface area contributed by atoms with Gasteiger partial charge in [0.25, 0.3) is 0 Å². The van der Waals surface area contributed by atoms with E-state index in [1.54, 1.807) is 59.0 Å². The molecule has 0 saturated carbocycles. The first-order valence-electron chi connectivity index (χ1n) is 2.98. The Labute approximate surface area is 145 Å². The molecule has 2 unspecified atom stereocenters. The Morgan fingerprint density at radius 2 is 1.08 bits per heavy atom. The maximum absolute atomic E-state index is 9.58.